The highest BCUT2D eigenvalue weighted by Crippen LogP contribution is 2.39. The Labute approximate surface area is 200 Å². The Hall–Kier alpha value is -3.41. The number of fused-ring (bicyclic) bond motifs is 2. The predicted octanol–water partition coefficient (Wildman–Crippen LogP) is 5.64. The van der Waals surface area contributed by atoms with Crippen LogP contribution < -0.4 is 0 Å². The quantitative estimate of drug-likeness (QED) is 0.465. The fraction of sp³-hybridized carbons (Fsp3) is 0.393. The minimum Gasteiger partial charge on any atom is -0.445 e. The molecule has 176 valence electrons. The number of benzene rings is 2. The fourth-order valence-corrected chi connectivity index (χ4v) is 5.60. The number of ether oxygens (including phenoxy) is 1. The molecule has 6 nitrogen and oxygen atoms in total. The fourth-order valence-electron chi connectivity index (χ4n) is 5.60. The minimum atomic E-state index is -0.254. The molecular weight excluding hydrogens is 426 g/mol. The maximum Gasteiger partial charge on any atom is 0.410 e. The molecule has 3 aromatic rings. The van der Waals surface area contributed by atoms with Gasteiger partial charge in [-0.1, -0.05) is 42.5 Å². The van der Waals surface area contributed by atoms with Crippen molar-refractivity contribution >= 4 is 11.9 Å². The summed E-state index contributed by atoms with van der Waals surface area (Å²) in [5.74, 6) is 0.0850. The number of piperidine rings is 2. The number of aromatic nitrogens is 2. The van der Waals surface area contributed by atoms with Crippen molar-refractivity contribution in [2.24, 2.45) is 5.92 Å². The molecule has 5 rings (SSSR count). The van der Waals surface area contributed by atoms with Crippen molar-refractivity contribution in [1.29, 1.82) is 0 Å². The molecule has 0 N–H and O–H groups in total. The van der Waals surface area contributed by atoms with Gasteiger partial charge in [-0.25, -0.2) is 9.48 Å². The summed E-state index contributed by atoms with van der Waals surface area (Å²) >= 11 is 0. The lowest BCUT2D eigenvalue weighted by atomic mass is 9.76. The highest BCUT2D eigenvalue weighted by atomic mass is 16.6. The van der Waals surface area contributed by atoms with E-state index in [1.54, 1.807) is 0 Å². The van der Waals surface area contributed by atoms with Crippen LogP contribution in [0.5, 0.6) is 0 Å². The summed E-state index contributed by atoms with van der Waals surface area (Å²) in [7, 11) is 0. The normalized spacial score (nSPS) is 21.8. The second-order valence-corrected chi connectivity index (χ2v) is 9.61. The van der Waals surface area contributed by atoms with Gasteiger partial charge in [0.05, 0.1) is 11.4 Å². The van der Waals surface area contributed by atoms with E-state index in [2.05, 4.69) is 5.10 Å². The Morgan fingerprint density at radius 3 is 2.38 bits per heavy atom. The molecule has 2 saturated heterocycles. The third-order valence-corrected chi connectivity index (χ3v) is 7.15. The van der Waals surface area contributed by atoms with E-state index in [9.17, 15) is 9.59 Å². The summed E-state index contributed by atoms with van der Waals surface area (Å²) in [6.07, 6.45) is 4.07. The maximum atomic E-state index is 13.5. The van der Waals surface area contributed by atoms with Gasteiger partial charge in [0.25, 0.3) is 0 Å². The van der Waals surface area contributed by atoms with Crippen LogP contribution >= 0.6 is 0 Å². The highest BCUT2D eigenvalue weighted by Gasteiger charge is 2.43. The summed E-state index contributed by atoms with van der Waals surface area (Å²) < 4.78 is 7.54. The molecule has 1 aromatic heterocycles. The smallest absolute Gasteiger partial charge is 0.410 e. The second kappa shape index (κ2) is 9.45. The first kappa shape index (κ1) is 22.4. The van der Waals surface area contributed by atoms with E-state index in [0.717, 1.165) is 41.9 Å². The van der Waals surface area contributed by atoms with Crippen LogP contribution in [0.3, 0.4) is 0 Å². The molecule has 34 heavy (non-hydrogen) atoms. The summed E-state index contributed by atoms with van der Waals surface area (Å²) in [5.41, 5.74) is 4.59. The van der Waals surface area contributed by atoms with Crippen molar-refractivity contribution < 1.29 is 14.3 Å². The molecular formula is C28H31N3O3. The van der Waals surface area contributed by atoms with E-state index in [4.69, 9.17) is 4.74 Å². The lowest BCUT2D eigenvalue weighted by molar-refractivity contribution is 0.00473. The molecule has 2 aliphatic heterocycles. The van der Waals surface area contributed by atoms with Crippen LogP contribution in [0.2, 0.25) is 0 Å². The summed E-state index contributed by atoms with van der Waals surface area (Å²) in [6.45, 7) is 4.26. The third kappa shape index (κ3) is 4.49. The predicted molar refractivity (Wildman–Crippen MR) is 130 cm³/mol. The molecule has 6 heteroatoms. The second-order valence-electron chi connectivity index (χ2n) is 9.61. The maximum absolute atomic E-state index is 13.5. The standard InChI is InChI=1S/C28H31N3O3/c1-19-14-20(2)31(29-19)26-13-6-10-22(15-26)27(32)23-16-24-11-7-12-25(17-23)30(24)28(33)34-18-21-8-4-3-5-9-21/h3-6,8-10,13-15,23-25H,7,11-12,16-18H2,1-2H3. The molecule has 0 aliphatic carbocycles. The van der Waals surface area contributed by atoms with Crippen molar-refractivity contribution in [3.05, 3.63) is 83.2 Å². The van der Waals surface area contributed by atoms with Crippen LogP contribution in [0.1, 0.15) is 59.4 Å². The number of Topliss-reactive ketones (excluding diaryl/α,β-unsaturated/α-hetero) is 1. The lowest BCUT2D eigenvalue weighted by Gasteiger charge is -2.47. The number of nitrogens with zero attached hydrogens (tertiary/aromatic N) is 3. The average molecular weight is 458 g/mol. The van der Waals surface area contributed by atoms with Crippen LogP contribution in [-0.2, 0) is 11.3 Å². The van der Waals surface area contributed by atoms with E-state index in [1.165, 1.54) is 0 Å². The SMILES string of the molecule is Cc1cc(C)n(-c2cccc(C(=O)C3CC4CCCC(C3)N4C(=O)OCc3ccccc3)c2)n1. The third-order valence-electron chi connectivity index (χ3n) is 7.15. The van der Waals surface area contributed by atoms with Crippen LogP contribution in [0.25, 0.3) is 5.69 Å². The van der Waals surface area contributed by atoms with Crippen molar-refractivity contribution in [3.63, 3.8) is 0 Å². The Balaban J connectivity index is 1.29. The Bertz CT molecular complexity index is 1170. The van der Waals surface area contributed by atoms with Gasteiger partial charge in [-0.15, -0.1) is 0 Å². The summed E-state index contributed by atoms with van der Waals surface area (Å²) in [5, 5.41) is 4.56. The Kier molecular flexibility index (Phi) is 6.22. The molecule has 1 amide bonds. The van der Waals surface area contributed by atoms with Crippen LogP contribution in [0, 0.1) is 19.8 Å². The van der Waals surface area contributed by atoms with Crippen LogP contribution in [0.4, 0.5) is 4.79 Å². The van der Waals surface area contributed by atoms with E-state index in [0.29, 0.717) is 18.4 Å². The van der Waals surface area contributed by atoms with Crippen molar-refractivity contribution in [2.45, 2.75) is 64.6 Å². The van der Waals surface area contributed by atoms with Crippen LogP contribution in [0.15, 0.2) is 60.7 Å². The van der Waals surface area contributed by atoms with E-state index >= 15 is 0 Å². The highest BCUT2D eigenvalue weighted by molar-refractivity contribution is 5.98. The van der Waals surface area contributed by atoms with E-state index in [1.807, 2.05) is 84.1 Å². The van der Waals surface area contributed by atoms with Gasteiger partial charge in [0, 0.05) is 29.3 Å². The molecule has 3 heterocycles. The number of carbonyl (C=O) groups excluding carboxylic acids is 2. The summed E-state index contributed by atoms with van der Waals surface area (Å²) in [6, 6.07) is 19.6. The summed E-state index contributed by atoms with van der Waals surface area (Å²) in [4.78, 5) is 28.4. The van der Waals surface area contributed by atoms with Gasteiger partial charge in [-0.2, -0.15) is 5.10 Å². The molecule has 0 saturated carbocycles. The molecule has 0 radical (unpaired) electrons. The molecule has 2 aliphatic rings. The van der Waals surface area contributed by atoms with Gasteiger partial charge in [0.2, 0.25) is 0 Å². The Morgan fingerprint density at radius 1 is 0.971 bits per heavy atom. The van der Waals surface area contributed by atoms with E-state index < -0.39 is 0 Å². The number of aryl methyl sites for hydroxylation is 2. The number of hydrogen-bond donors (Lipinski definition) is 0. The number of rotatable bonds is 5. The molecule has 2 atom stereocenters. The van der Waals surface area contributed by atoms with Gasteiger partial charge in [-0.05, 0) is 69.7 Å². The van der Waals surface area contributed by atoms with Gasteiger partial charge in [-0.3, -0.25) is 4.79 Å². The zero-order chi connectivity index (χ0) is 23.7. The monoisotopic (exact) mass is 457 g/mol. The number of amides is 1. The molecule has 2 fully saturated rings. The first-order valence-corrected chi connectivity index (χ1v) is 12.2. The molecule has 2 aromatic carbocycles. The van der Waals surface area contributed by atoms with Gasteiger partial charge < -0.3 is 9.64 Å². The van der Waals surface area contributed by atoms with Crippen molar-refractivity contribution in [2.75, 3.05) is 0 Å². The molecule has 2 unspecified atom stereocenters. The zero-order valence-electron chi connectivity index (χ0n) is 19.8. The zero-order valence-corrected chi connectivity index (χ0v) is 19.8. The number of ketones is 1. The largest absolute Gasteiger partial charge is 0.445 e. The Morgan fingerprint density at radius 2 is 1.71 bits per heavy atom. The molecule has 2 bridgehead atoms. The van der Waals surface area contributed by atoms with Crippen molar-refractivity contribution in [3.8, 4) is 5.69 Å². The van der Waals surface area contributed by atoms with Crippen molar-refractivity contribution in [1.82, 2.24) is 14.7 Å². The first-order valence-electron chi connectivity index (χ1n) is 12.2. The lowest BCUT2D eigenvalue weighted by Crippen LogP contribution is -2.55. The average Bonchev–Trinajstić information content (AvgIpc) is 3.19. The topological polar surface area (TPSA) is 64.4 Å². The van der Waals surface area contributed by atoms with Gasteiger partial charge in [0.1, 0.15) is 6.61 Å². The minimum absolute atomic E-state index is 0.0592. The number of carbonyl (C=O) groups is 2. The van der Waals surface area contributed by atoms with E-state index in [-0.39, 0.29) is 36.5 Å². The number of hydrogen-bond acceptors (Lipinski definition) is 4. The van der Waals surface area contributed by atoms with Gasteiger partial charge in [0.15, 0.2) is 5.78 Å². The molecule has 0 spiro atoms. The van der Waals surface area contributed by atoms with Gasteiger partial charge >= 0.3 is 6.09 Å². The van der Waals surface area contributed by atoms with Crippen LogP contribution in [-0.4, -0.2) is 38.6 Å². The first-order chi connectivity index (χ1) is 16.5.